The van der Waals surface area contributed by atoms with Gasteiger partial charge in [-0.05, 0) is 45.0 Å². The summed E-state index contributed by atoms with van der Waals surface area (Å²) in [4.78, 5) is 4.36. The minimum Gasteiger partial charge on any atom is -0.370 e. The molecule has 0 bridgehead atoms. The molecule has 1 aromatic carbocycles. The zero-order chi connectivity index (χ0) is 14.0. The summed E-state index contributed by atoms with van der Waals surface area (Å²) in [5.41, 5.74) is 7.48. The van der Waals surface area contributed by atoms with E-state index >= 15 is 0 Å². The van der Waals surface area contributed by atoms with Crippen molar-refractivity contribution >= 4 is 5.69 Å². The maximum Gasteiger partial charge on any atom is 0.146 e. The zero-order valence-corrected chi connectivity index (χ0v) is 12.1. The van der Waals surface area contributed by atoms with Crippen molar-refractivity contribution < 1.29 is 4.39 Å². The predicted molar refractivity (Wildman–Crippen MR) is 77.9 cm³/mol. The van der Waals surface area contributed by atoms with Gasteiger partial charge in [0.2, 0.25) is 0 Å². The highest BCUT2D eigenvalue weighted by Crippen LogP contribution is 2.29. The van der Waals surface area contributed by atoms with E-state index in [0.29, 0.717) is 11.7 Å². The minimum absolute atomic E-state index is 0.158. The quantitative estimate of drug-likeness (QED) is 0.907. The van der Waals surface area contributed by atoms with Gasteiger partial charge in [0.15, 0.2) is 0 Å². The van der Waals surface area contributed by atoms with E-state index in [9.17, 15) is 4.39 Å². The van der Waals surface area contributed by atoms with Gasteiger partial charge >= 0.3 is 0 Å². The fourth-order valence-corrected chi connectivity index (χ4v) is 2.92. The molecule has 2 rings (SSSR count). The van der Waals surface area contributed by atoms with Gasteiger partial charge in [-0.1, -0.05) is 12.1 Å². The van der Waals surface area contributed by atoms with Crippen LogP contribution in [0.15, 0.2) is 18.2 Å². The van der Waals surface area contributed by atoms with Gasteiger partial charge in [0.1, 0.15) is 5.82 Å². The Morgan fingerprint density at radius 2 is 2.26 bits per heavy atom. The van der Waals surface area contributed by atoms with Crippen molar-refractivity contribution in [1.82, 2.24) is 4.90 Å². The topological polar surface area (TPSA) is 32.5 Å². The Hall–Kier alpha value is -1.13. The van der Waals surface area contributed by atoms with E-state index in [0.717, 1.165) is 18.7 Å². The monoisotopic (exact) mass is 265 g/mol. The van der Waals surface area contributed by atoms with Crippen molar-refractivity contribution in [2.24, 2.45) is 5.73 Å². The van der Waals surface area contributed by atoms with Crippen molar-refractivity contribution in [2.75, 3.05) is 32.1 Å². The Balaban J connectivity index is 2.20. The number of nitrogens with two attached hydrogens (primary N) is 1. The number of anilines is 1. The zero-order valence-electron chi connectivity index (χ0n) is 12.1. The summed E-state index contributed by atoms with van der Waals surface area (Å²) in [6.45, 7) is 3.88. The highest BCUT2D eigenvalue weighted by atomic mass is 19.1. The first-order chi connectivity index (χ1) is 9.00. The Morgan fingerprint density at radius 1 is 1.53 bits per heavy atom. The van der Waals surface area contributed by atoms with E-state index in [1.807, 2.05) is 24.9 Å². The van der Waals surface area contributed by atoms with Crippen molar-refractivity contribution in [3.05, 3.63) is 29.6 Å². The second kappa shape index (κ2) is 5.88. The van der Waals surface area contributed by atoms with Gasteiger partial charge in [-0.2, -0.15) is 0 Å². The second-order valence-corrected chi connectivity index (χ2v) is 5.62. The van der Waals surface area contributed by atoms with Crippen molar-refractivity contribution in [3.8, 4) is 0 Å². The third-order valence-electron chi connectivity index (χ3n) is 4.05. The largest absolute Gasteiger partial charge is 0.370 e. The van der Waals surface area contributed by atoms with E-state index in [-0.39, 0.29) is 11.9 Å². The highest BCUT2D eigenvalue weighted by Gasteiger charge is 2.24. The molecule has 1 saturated heterocycles. The van der Waals surface area contributed by atoms with Crippen molar-refractivity contribution in [3.63, 3.8) is 0 Å². The summed E-state index contributed by atoms with van der Waals surface area (Å²) in [6.07, 6.45) is 2.41. The fourth-order valence-electron chi connectivity index (χ4n) is 2.92. The molecule has 0 radical (unpaired) electrons. The molecule has 0 amide bonds. The standard InChI is InChI=1S/C15H24FN3/c1-11(17)13-7-4-8-14(16)15(13)19(3)10-12-6-5-9-18(12)2/h4,7-8,11-12H,5-6,9-10,17H2,1-3H3. The van der Waals surface area contributed by atoms with Crippen molar-refractivity contribution in [1.29, 1.82) is 0 Å². The summed E-state index contributed by atoms with van der Waals surface area (Å²) >= 11 is 0. The van der Waals surface area contributed by atoms with Crippen LogP contribution in [0.5, 0.6) is 0 Å². The SMILES string of the molecule is CC(N)c1cccc(F)c1N(C)CC1CCCN1C. The molecule has 3 nitrogen and oxygen atoms in total. The van der Waals surface area contributed by atoms with Gasteiger partial charge in [0, 0.05) is 25.7 Å². The van der Waals surface area contributed by atoms with Crippen LogP contribution in [-0.4, -0.2) is 38.1 Å². The molecule has 2 unspecified atom stereocenters. The molecule has 106 valence electrons. The lowest BCUT2D eigenvalue weighted by Gasteiger charge is -2.29. The van der Waals surface area contributed by atoms with E-state index in [1.54, 1.807) is 6.07 Å². The first kappa shape index (κ1) is 14.3. The van der Waals surface area contributed by atoms with Gasteiger partial charge in [0.25, 0.3) is 0 Å². The predicted octanol–water partition coefficient (Wildman–Crippen LogP) is 2.38. The van der Waals surface area contributed by atoms with E-state index in [1.165, 1.54) is 18.9 Å². The molecule has 1 aromatic rings. The van der Waals surface area contributed by atoms with Crippen LogP contribution in [-0.2, 0) is 0 Å². The molecular formula is C15H24FN3. The number of hydrogen-bond donors (Lipinski definition) is 1. The van der Waals surface area contributed by atoms with Crippen LogP contribution >= 0.6 is 0 Å². The smallest absolute Gasteiger partial charge is 0.146 e. The number of benzene rings is 1. The third-order valence-corrected chi connectivity index (χ3v) is 4.05. The number of nitrogens with zero attached hydrogens (tertiary/aromatic N) is 2. The van der Waals surface area contributed by atoms with Crippen molar-refractivity contribution in [2.45, 2.75) is 31.8 Å². The molecule has 0 aromatic heterocycles. The van der Waals surface area contributed by atoms with Gasteiger partial charge in [0.05, 0.1) is 5.69 Å². The molecule has 1 aliphatic heterocycles. The normalized spacial score (nSPS) is 21.6. The molecule has 19 heavy (non-hydrogen) atoms. The first-order valence-electron chi connectivity index (χ1n) is 6.96. The van der Waals surface area contributed by atoms with Crippen LogP contribution in [0.4, 0.5) is 10.1 Å². The Kier molecular flexibility index (Phi) is 4.42. The molecule has 4 heteroatoms. The minimum atomic E-state index is -0.182. The molecule has 0 saturated carbocycles. The summed E-state index contributed by atoms with van der Waals surface area (Å²) in [5, 5.41) is 0. The van der Waals surface area contributed by atoms with E-state index < -0.39 is 0 Å². The van der Waals surface area contributed by atoms with Crippen LogP contribution in [0.2, 0.25) is 0 Å². The van der Waals surface area contributed by atoms with Crippen LogP contribution in [0, 0.1) is 5.82 Å². The molecular weight excluding hydrogens is 241 g/mol. The second-order valence-electron chi connectivity index (χ2n) is 5.62. The summed E-state index contributed by atoms with van der Waals surface area (Å²) in [5.74, 6) is -0.182. The van der Waals surface area contributed by atoms with Gasteiger partial charge in [-0.25, -0.2) is 4.39 Å². The molecule has 0 spiro atoms. The number of likely N-dealkylation sites (N-methyl/N-ethyl adjacent to an activating group) is 2. The Bertz CT molecular complexity index is 433. The van der Waals surface area contributed by atoms with Crippen LogP contribution < -0.4 is 10.6 Å². The first-order valence-corrected chi connectivity index (χ1v) is 6.96. The number of hydrogen-bond acceptors (Lipinski definition) is 3. The number of para-hydroxylation sites is 1. The average molecular weight is 265 g/mol. The molecule has 1 heterocycles. The molecule has 2 N–H and O–H groups in total. The maximum absolute atomic E-state index is 14.1. The number of likely N-dealkylation sites (tertiary alicyclic amines) is 1. The third kappa shape index (κ3) is 3.07. The van der Waals surface area contributed by atoms with E-state index in [2.05, 4.69) is 11.9 Å². The molecule has 2 atom stereocenters. The number of rotatable bonds is 4. The lowest BCUT2D eigenvalue weighted by atomic mass is 10.0. The highest BCUT2D eigenvalue weighted by molar-refractivity contribution is 5.55. The van der Waals surface area contributed by atoms with Crippen LogP contribution in [0.25, 0.3) is 0 Å². The fraction of sp³-hybridized carbons (Fsp3) is 0.600. The summed E-state index contributed by atoms with van der Waals surface area (Å²) in [7, 11) is 4.09. The lowest BCUT2D eigenvalue weighted by molar-refractivity contribution is 0.313. The van der Waals surface area contributed by atoms with E-state index in [4.69, 9.17) is 5.73 Å². The summed E-state index contributed by atoms with van der Waals surface area (Å²) in [6, 6.07) is 5.50. The van der Waals surface area contributed by atoms with Crippen LogP contribution in [0.1, 0.15) is 31.4 Å². The molecule has 1 fully saturated rings. The Labute approximate surface area is 115 Å². The van der Waals surface area contributed by atoms with Gasteiger partial charge in [-0.3, -0.25) is 0 Å². The molecule has 1 aliphatic rings. The lowest BCUT2D eigenvalue weighted by Crippen LogP contribution is -2.37. The maximum atomic E-state index is 14.1. The van der Waals surface area contributed by atoms with Gasteiger partial charge in [-0.15, -0.1) is 0 Å². The van der Waals surface area contributed by atoms with Crippen LogP contribution in [0.3, 0.4) is 0 Å². The van der Waals surface area contributed by atoms with Gasteiger partial charge < -0.3 is 15.5 Å². The summed E-state index contributed by atoms with van der Waals surface area (Å²) < 4.78 is 14.1. The average Bonchev–Trinajstić information content (AvgIpc) is 2.74. The molecule has 0 aliphatic carbocycles. The number of halogens is 1. The Morgan fingerprint density at radius 3 is 2.84 bits per heavy atom.